The van der Waals surface area contributed by atoms with Crippen molar-refractivity contribution in [1.29, 1.82) is 0 Å². The van der Waals surface area contributed by atoms with Crippen LogP contribution in [0.4, 0.5) is 5.69 Å². The summed E-state index contributed by atoms with van der Waals surface area (Å²) in [5.41, 5.74) is 4.27. The van der Waals surface area contributed by atoms with Crippen molar-refractivity contribution in [1.82, 2.24) is 20.6 Å². The number of hydrogen-bond donors (Lipinski definition) is 2. The van der Waals surface area contributed by atoms with Crippen molar-refractivity contribution in [2.75, 3.05) is 13.1 Å². The van der Waals surface area contributed by atoms with Gasteiger partial charge in [-0.05, 0) is 50.9 Å². The van der Waals surface area contributed by atoms with Crippen LogP contribution in [0.2, 0.25) is 0 Å². The number of aryl methyl sites for hydroxylation is 2. The van der Waals surface area contributed by atoms with E-state index in [-0.39, 0.29) is 5.69 Å². The molecule has 0 amide bonds. The molecule has 0 saturated heterocycles. The van der Waals surface area contributed by atoms with E-state index in [4.69, 9.17) is 0 Å². The number of rotatable bonds is 10. The molecular formula is C18H25N5O2. The highest BCUT2D eigenvalue weighted by molar-refractivity contribution is 5.29. The maximum Gasteiger partial charge on any atom is 0.272 e. The smallest absolute Gasteiger partial charge is 0.272 e. The third-order valence-corrected chi connectivity index (χ3v) is 3.89. The van der Waals surface area contributed by atoms with Gasteiger partial charge in [0.05, 0.1) is 16.3 Å². The predicted molar refractivity (Wildman–Crippen MR) is 97.2 cm³/mol. The average molecular weight is 343 g/mol. The molecule has 0 bridgehead atoms. The lowest BCUT2D eigenvalue weighted by atomic mass is 10.1. The van der Waals surface area contributed by atoms with Crippen LogP contribution in [0.15, 0.2) is 30.6 Å². The summed E-state index contributed by atoms with van der Waals surface area (Å²) >= 11 is 0. The lowest BCUT2D eigenvalue weighted by Crippen LogP contribution is -2.19. The maximum absolute atomic E-state index is 10.7. The van der Waals surface area contributed by atoms with Crippen LogP contribution in [0.1, 0.15) is 35.4 Å². The van der Waals surface area contributed by atoms with Crippen molar-refractivity contribution < 1.29 is 4.92 Å². The van der Waals surface area contributed by atoms with Gasteiger partial charge in [0.25, 0.3) is 5.69 Å². The number of nitrogens with zero attached hydrogens (tertiary/aromatic N) is 3. The second-order valence-electron chi connectivity index (χ2n) is 6.10. The molecule has 0 atom stereocenters. The SMILES string of the molecule is Cc1cnc(CNCCCCNCc2cc([N+](=O)[O-])ccn2)c(C)c1. The Morgan fingerprint density at radius 2 is 1.80 bits per heavy atom. The van der Waals surface area contributed by atoms with E-state index in [0.717, 1.165) is 38.2 Å². The van der Waals surface area contributed by atoms with E-state index < -0.39 is 4.92 Å². The molecule has 0 radical (unpaired) electrons. The van der Waals surface area contributed by atoms with E-state index in [1.54, 1.807) is 0 Å². The van der Waals surface area contributed by atoms with Crippen LogP contribution in [0.3, 0.4) is 0 Å². The number of nitrogens with one attached hydrogen (secondary N) is 2. The number of nitro groups is 1. The van der Waals surface area contributed by atoms with Gasteiger partial charge in [0.15, 0.2) is 0 Å². The van der Waals surface area contributed by atoms with Gasteiger partial charge < -0.3 is 10.6 Å². The molecule has 0 aliphatic heterocycles. The van der Waals surface area contributed by atoms with E-state index in [1.807, 2.05) is 13.1 Å². The first-order valence-corrected chi connectivity index (χ1v) is 8.49. The van der Waals surface area contributed by atoms with Gasteiger partial charge in [0.2, 0.25) is 0 Å². The lowest BCUT2D eigenvalue weighted by molar-refractivity contribution is -0.385. The summed E-state index contributed by atoms with van der Waals surface area (Å²) in [4.78, 5) is 18.9. The molecule has 2 aromatic rings. The quantitative estimate of drug-likeness (QED) is 0.391. The summed E-state index contributed by atoms with van der Waals surface area (Å²) in [6, 6.07) is 5.06. The molecule has 0 unspecified atom stereocenters. The summed E-state index contributed by atoms with van der Waals surface area (Å²) < 4.78 is 0. The molecule has 134 valence electrons. The number of unbranched alkanes of at least 4 members (excludes halogenated alkanes) is 1. The topological polar surface area (TPSA) is 93.0 Å². The average Bonchev–Trinajstić information content (AvgIpc) is 2.59. The first kappa shape index (κ1) is 19.0. The molecule has 7 heteroatoms. The van der Waals surface area contributed by atoms with Gasteiger partial charge in [-0.3, -0.25) is 20.1 Å². The zero-order valence-corrected chi connectivity index (χ0v) is 14.8. The lowest BCUT2D eigenvalue weighted by Gasteiger charge is -2.08. The van der Waals surface area contributed by atoms with Gasteiger partial charge in [-0.15, -0.1) is 0 Å². The van der Waals surface area contributed by atoms with Crippen LogP contribution in [-0.4, -0.2) is 28.0 Å². The summed E-state index contributed by atoms with van der Waals surface area (Å²) in [5.74, 6) is 0. The Balaban J connectivity index is 1.56. The predicted octanol–water partition coefficient (Wildman–Crippen LogP) is 2.66. The first-order valence-electron chi connectivity index (χ1n) is 8.49. The van der Waals surface area contributed by atoms with Crippen molar-refractivity contribution in [3.05, 3.63) is 63.2 Å². The minimum Gasteiger partial charge on any atom is -0.311 e. The standard InChI is InChI=1S/C18H25N5O2/c1-14-9-15(2)18(22-11-14)13-20-7-4-3-6-19-12-16-10-17(23(24)25)5-8-21-16/h5,8-11,19-20H,3-4,6-7,12-13H2,1-2H3. The van der Waals surface area contributed by atoms with Crippen molar-refractivity contribution >= 4 is 5.69 Å². The van der Waals surface area contributed by atoms with Crippen molar-refractivity contribution in [2.24, 2.45) is 0 Å². The fourth-order valence-electron chi connectivity index (χ4n) is 2.53. The molecule has 2 N–H and O–H groups in total. The highest BCUT2D eigenvalue weighted by Crippen LogP contribution is 2.10. The number of aromatic nitrogens is 2. The molecule has 25 heavy (non-hydrogen) atoms. The van der Waals surface area contributed by atoms with Crippen LogP contribution < -0.4 is 10.6 Å². The van der Waals surface area contributed by atoms with Crippen LogP contribution in [0.25, 0.3) is 0 Å². The maximum atomic E-state index is 10.7. The third kappa shape index (κ3) is 6.56. The largest absolute Gasteiger partial charge is 0.311 e. The van der Waals surface area contributed by atoms with E-state index in [1.165, 1.54) is 29.5 Å². The molecule has 0 aliphatic rings. The zero-order chi connectivity index (χ0) is 18.1. The van der Waals surface area contributed by atoms with Gasteiger partial charge in [0, 0.05) is 37.6 Å². The Labute approximate surface area is 148 Å². The minimum absolute atomic E-state index is 0.0796. The second kappa shape index (κ2) is 9.80. The Morgan fingerprint density at radius 3 is 2.48 bits per heavy atom. The third-order valence-electron chi connectivity index (χ3n) is 3.89. The van der Waals surface area contributed by atoms with Crippen molar-refractivity contribution in [3.8, 4) is 0 Å². The summed E-state index contributed by atoms with van der Waals surface area (Å²) in [5, 5.41) is 17.4. The highest BCUT2D eigenvalue weighted by atomic mass is 16.6. The van der Waals surface area contributed by atoms with E-state index in [0.29, 0.717) is 12.2 Å². The Bertz CT molecular complexity index is 706. The monoisotopic (exact) mass is 343 g/mol. The summed E-state index contributed by atoms with van der Waals surface area (Å²) in [7, 11) is 0. The van der Waals surface area contributed by atoms with E-state index in [9.17, 15) is 10.1 Å². The molecular weight excluding hydrogens is 318 g/mol. The van der Waals surface area contributed by atoms with Crippen LogP contribution in [0.5, 0.6) is 0 Å². The Kier molecular flexibility index (Phi) is 7.43. The Morgan fingerprint density at radius 1 is 1.08 bits per heavy atom. The van der Waals surface area contributed by atoms with Crippen molar-refractivity contribution in [2.45, 2.75) is 39.8 Å². The summed E-state index contributed by atoms with van der Waals surface area (Å²) in [6.45, 7) is 7.26. The first-order chi connectivity index (χ1) is 12.1. The van der Waals surface area contributed by atoms with Crippen molar-refractivity contribution in [3.63, 3.8) is 0 Å². The minimum atomic E-state index is -0.401. The van der Waals surface area contributed by atoms with Crippen LogP contribution >= 0.6 is 0 Å². The molecule has 2 heterocycles. The normalized spacial score (nSPS) is 10.8. The van der Waals surface area contributed by atoms with Gasteiger partial charge in [-0.2, -0.15) is 0 Å². The highest BCUT2D eigenvalue weighted by Gasteiger charge is 2.06. The molecule has 7 nitrogen and oxygen atoms in total. The molecule has 0 aliphatic carbocycles. The second-order valence-corrected chi connectivity index (χ2v) is 6.10. The number of hydrogen-bond acceptors (Lipinski definition) is 6. The zero-order valence-electron chi connectivity index (χ0n) is 14.8. The molecule has 2 aromatic heterocycles. The van der Waals surface area contributed by atoms with E-state index >= 15 is 0 Å². The Hall–Kier alpha value is -2.38. The summed E-state index contributed by atoms with van der Waals surface area (Å²) in [6.07, 6.45) is 5.46. The molecule has 0 aromatic carbocycles. The van der Waals surface area contributed by atoms with Crippen LogP contribution in [-0.2, 0) is 13.1 Å². The van der Waals surface area contributed by atoms with E-state index in [2.05, 4.69) is 33.6 Å². The fraction of sp³-hybridized carbons (Fsp3) is 0.444. The number of pyridine rings is 2. The van der Waals surface area contributed by atoms with Gasteiger partial charge in [-0.1, -0.05) is 6.07 Å². The van der Waals surface area contributed by atoms with Gasteiger partial charge in [0.1, 0.15) is 0 Å². The molecule has 0 spiro atoms. The van der Waals surface area contributed by atoms with Gasteiger partial charge in [-0.25, -0.2) is 0 Å². The van der Waals surface area contributed by atoms with Crippen LogP contribution in [0, 0.1) is 24.0 Å². The molecule has 0 fully saturated rings. The molecule has 0 saturated carbocycles. The molecule has 2 rings (SSSR count). The van der Waals surface area contributed by atoms with Gasteiger partial charge >= 0.3 is 0 Å². The fourth-order valence-corrected chi connectivity index (χ4v) is 2.53.